The molecule has 0 amide bonds. The van der Waals surface area contributed by atoms with Crippen molar-refractivity contribution >= 4 is 0 Å². The molecule has 1 N–H and O–H groups in total. The van der Waals surface area contributed by atoms with E-state index < -0.39 is 0 Å². The molecule has 1 atom stereocenters. The Morgan fingerprint density at radius 2 is 2.30 bits per heavy atom. The van der Waals surface area contributed by atoms with Crippen LogP contribution in [0.2, 0.25) is 0 Å². The van der Waals surface area contributed by atoms with Crippen LogP contribution < -0.4 is 0 Å². The lowest BCUT2D eigenvalue weighted by Gasteiger charge is -2.32. The van der Waals surface area contributed by atoms with Crippen LogP contribution in [0.4, 0.5) is 0 Å². The van der Waals surface area contributed by atoms with E-state index in [0.29, 0.717) is 0 Å². The minimum absolute atomic E-state index is 0.205. The first-order valence-corrected chi connectivity index (χ1v) is 3.43. The van der Waals surface area contributed by atoms with Gasteiger partial charge in [0.15, 0.2) is 0 Å². The topological polar surface area (TPSA) is 26.7 Å². The van der Waals surface area contributed by atoms with Crippen LogP contribution in [0, 0.1) is 0 Å². The summed E-state index contributed by atoms with van der Waals surface area (Å²) in [7, 11) is 4.02. The van der Waals surface area contributed by atoms with Gasteiger partial charge in [-0.05, 0) is 19.3 Å². The monoisotopic (exact) mass is 142 g/mol. The predicted molar refractivity (Wildman–Crippen MR) is 40.4 cm³/mol. The van der Waals surface area contributed by atoms with Crippen LogP contribution in [0.15, 0.2) is 12.3 Å². The number of likely N-dealkylation sites (N-methyl/N-ethyl adjacent to an activating group) is 1. The minimum Gasteiger partial charge on any atom is -0.394 e. The molecule has 58 valence electrons. The number of aliphatic hydroxyl groups is 1. The second kappa shape index (κ2) is 3.03. The molecule has 3 nitrogen and oxygen atoms in total. The summed E-state index contributed by atoms with van der Waals surface area (Å²) < 4.78 is 0. The quantitative estimate of drug-likeness (QED) is 0.544. The van der Waals surface area contributed by atoms with E-state index in [0.717, 1.165) is 6.67 Å². The maximum absolute atomic E-state index is 8.84. The Labute approximate surface area is 61.5 Å². The van der Waals surface area contributed by atoms with Crippen LogP contribution in [0.25, 0.3) is 0 Å². The third-order valence-corrected chi connectivity index (χ3v) is 1.76. The van der Waals surface area contributed by atoms with Crippen LogP contribution in [0.3, 0.4) is 0 Å². The highest BCUT2D eigenvalue weighted by atomic mass is 16.3. The molecule has 0 fully saturated rings. The molecule has 0 saturated carbocycles. The molecule has 1 unspecified atom stereocenters. The zero-order valence-electron chi connectivity index (χ0n) is 6.49. The Morgan fingerprint density at radius 1 is 1.60 bits per heavy atom. The van der Waals surface area contributed by atoms with Crippen LogP contribution in [0.1, 0.15) is 0 Å². The van der Waals surface area contributed by atoms with Gasteiger partial charge in [0.1, 0.15) is 0 Å². The summed E-state index contributed by atoms with van der Waals surface area (Å²) in [5, 5.41) is 8.84. The highest BCUT2D eigenvalue weighted by molar-refractivity contribution is 4.96. The van der Waals surface area contributed by atoms with Crippen LogP contribution in [-0.4, -0.2) is 48.3 Å². The molecular weight excluding hydrogens is 128 g/mol. The fourth-order valence-corrected chi connectivity index (χ4v) is 1.10. The summed E-state index contributed by atoms with van der Waals surface area (Å²) in [6.07, 6.45) is 4.00. The third-order valence-electron chi connectivity index (χ3n) is 1.76. The van der Waals surface area contributed by atoms with Gasteiger partial charge in [-0.2, -0.15) is 0 Å². The summed E-state index contributed by atoms with van der Waals surface area (Å²) in [6, 6.07) is 0.205. The molecule has 1 aliphatic rings. The zero-order chi connectivity index (χ0) is 7.56. The fourth-order valence-electron chi connectivity index (χ4n) is 1.10. The van der Waals surface area contributed by atoms with Gasteiger partial charge in [0, 0.05) is 7.05 Å². The maximum Gasteiger partial charge on any atom is 0.0701 e. The Bertz CT molecular complexity index is 136. The Kier molecular flexibility index (Phi) is 2.29. The molecule has 1 aliphatic heterocycles. The summed E-state index contributed by atoms with van der Waals surface area (Å²) in [5.41, 5.74) is 0. The van der Waals surface area contributed by atoms with Gasteiger partial charge in [-0.3, -0.25) is 4.90 Å². The van der Waals surface area contributed by atoms with E-state index in [1.54, 1.807) is 0 Å². The van der Waals surface area contributed by atoms with Gasteiger partial charge in [-0.15, -0.1) is 0 Å². The Morgan fingerprint density at radius 3 is 2.80 bits per heavy atom. The van der Waals surface area contributed by atoms with Crippen LogP contribution >= 0.6 is 0 Å². The third kappa shape index (κ3) is 1.49. The first-order valence-electron chi connectivity index (χ1n) is 3.43. The van der Waals surface area contributed by atoms with Gasteiger partial charge in [0.2, 0.25) is 0 Å². The highest BCUT2D eigenvalue weighted by Gasteiger charge is 2.14. The molecule has 1 heterocycles. The van der Waals surface area contributed by atoms with Crippen LogP contribution in [-0.2, 0) is 0 Å². The standard InChI is InChI=1S/C7H14N2O/c1-8-4-3-7(5-10)9(2)6-8/h3-4,7,10H,5-6H2,1-2H3. The molecule has 10 heavy (non-hydrogen) atoms. The largest absolute Gasteiger partial charge is 0.394 e. The molecule has 0 saturated heterocycles. The first kappa shape index (κ1) is 7.57. The van der Waals surface area contributed by atoms with E-state index in [-0.39, 0.29) is 12.6 Å². The lowest BCUT2D eigenvalue weighted by Crippen LogP contribution is -2.42. The smallest absolute Gasteiger partial charge is 0.0701 e. The Hall–Kier alpha value is -0.540. The van der Waals surface area contributed by atoms with E-state index in [1.165, 1.54) is 0 Å². The minimum atomic E-state index is 0.205. The number of hydrogen-bond acceptors (Lipinski definition) is 3. The van der Waals surface area contributed by atoms with Crippen molar-refractivity contribution in [2.75, 3.05) is 27.4 Å². The average Bonchev–Trinajstić information content (AvgIpc) is 1.88. The van der Waals surface area contributed by atoms with E-state index in [4.69, 9.17) is 5.11 Å². The van der Waals surface area contributed by atoms with Crippen molar-refractivity contribution in [2.24, 2.45) is 0 Å². The summed E-state index contributed by atoms with van der Waals surface area (Å²) >= 11 is 0. The lowest BCUT2D eigenvalue weighted by molar-refractivity contribution is 0.123. The van der Waals surface area contributed by atoms with E-state index in [1.807, 2.05) is 26.4 Å². The molecule has 0 aromatic heterocycles. The van der Waals surface area contributed by atoms with Crippen molar-refractivity contribution in [1.82, 2.24) is 9.80 Å². The molecule has 0 aromatic carbocycles. The summed E-state index contributed by atoms with van der Waals surface area (Å²) in [4.78, 5) is 4.17. The van der Waals surface area contributed by atoms with Crippen LogP contribution in [0.5, 0.6) is 0 Å². The molecular formula is C7H14N2O. The predicted octanol–water partition coefficient (Wildman–Crippen LogP) is -0.304. The van der Waals surface area contributed by atoms with Crippen molar-refractivity contribution in [3.05, 3.63) is 12.3 Å². The normalized spacial score (nSPS) is 27.5. The molecule has 3 heteroatoms. The molecule has 0 spiro atoms. The second-order valence-electron chi connectivity index (χ2n) is 2.75. The molecule has 0 radical (unpaired) electrons. The van der Waals surface area contributed by atoms with E-state index in [9.17, 15) is 0 Å². The van der Waals surface area contributed by atoms with Gasteiger partial charge in [0.05, 0.1) is 19.3 Å². The summed E-state index contributed by atoms with van der Waals surface area (Å²) in [5.74, 6) is 0. The number of hydrogen-bond donors (Lipinski definition) is 1. The molecule has 0 aromatic rings. The van der Waals surface area contributed by atoms with Crippen molar-refractivity contribution in [2.45, 2.75) is 6.04 Å². The highest BCUT2D eigenvalue weighted by Crippen LogP contribution is 2.05. The van der Waals surface area contributed by atoms with Crippen molar-refractivity contribution in [1.29, 1.82) is 0 Å². The Balaban J connectivity index is 2.53. The lowest BCUT2D eigenvalue weighted by atomic mass is 10.2. The van der Waals surface area contributed by atoms with Crippen molar-refractivity contribution in [3.8, 4) is 0 Å². The van der Waals surface area contributed by atoms with Gasteiger partial charge in [0.25, 0.3) is 0 Å². The van der Waals surface area contributed by atoms with Crippen molar-refractivity contribution < 1.29 is 5.11 Å². The zero-order valence-corrected chi connectivity index (χ0v) is 6.49. The fraction of sp³-hybridized carbons (Fsp3) is 0.714. The molecule has 0 aliphatic carbocycles. The number of nitrogens with zero attached hydrogens (tertiary/aromatic N) is 2. The second-order valence-corrected chi connectivity index (χ2v) is 2.75. The van der Waals surface area contributed by atoms with Gasteiger partial charge in [-0.1, -0.05) is 0 Å². The molecule has 1 rings (SSSR count). The van der Waals surface area contributed by atoms with E-state index in [2.05, 4.69) is 9.80 Å². The van der Waals surface area contributed by atoms with Gasteiger partial charge >= 0.3 is 0 Å². The first-order chi connectivity index (χ1) is 4.74. The maximum atomic E-state index is 8.84. The number of aliphatic hydroxyl groups excluding tert-OH is 1. The van der Waals surface area contributed by atoms with Gasteiger partial charge in [-0.25, -0.2) is 0 Å². The average molecular weight is 142 g/mol. The van der Waals surface area contributed by atoms with Gasteiger partial charge < -0.3 is 10.0 Å². The number of rotatable bonds is 1. The van der Waals surface area contributed by atoms with E-state index >= 15 is 0 Å². The summed E-state index contributed by atoms with van der Waals surface area (Å²) in [6.45, 7) is 1.10. The SMILES string of the molecule is CN1C=CC(CO)N(C)C1. The van der Waals surface area contributed by atoms with Crippen molar-refractivity contribution in [3.63, 3.8) is 0 Å². The molecule has 0 bridgehead atoms.